The van der Waals surface area contributed by atoms with Gasteiger partial charge in [0.25, 0.3) is 0 Å². The number of benzene rings is 1. The minimum Gasteiger partial charge on any atom is -0.490 e. The molecule has 25 heavy (non-hydrogen) atoms. The fraction of sp³-hybridized carbons (Fsp3) is 0.389. The Kier molecular flexibility index (Phi) is 7.71. The van der Waals surface area contributed by atoms with Gasteiger partial charge in [0.05, 0.1) is 0 Å². The van der Waals surface area contributed by atoms with Gasteiger partial charge in [0, 0.05) is 22.3 Å². The van der Waals surface area contributed by atoms with Crippen LogP contribution in [-0.4, -0.2) is 35.4 Å². The summed E-state index contributed by atoms with van der Waals surface area (Å²) in [5, 5.41) is 0.756. The topological polar surface area (TPSA) is 61.3 Å². The third-order valence-corrected chi connectivity index (χ3v) is 4.61. The van der Waals surface area contributed by atoms with E-state index in [0.29, 0.717) is 19.4 Å². The van der Waals surface area contributed by atoms with Gasteiger partial charge in [-0.2, -0.15) is 0 Å². The lowest BCUT2D eigenvalue weighted by atomic mass is 10.1. The number of aryl methyl sites for hydroxylation is 2. The molecular formula is C18H21BrN2O3S. The first-order chi connectivity index (χ1) is 12.0. The quantitative estimate of drug-likeness (QED) is 0.274. The number of ether oxygens (including phenoxy) is 2. The summed E-state index contributed by atoms with van der Waals surface area (Å²) in [4.78, 5) is 20.7. The highest BCUT2D eigenvalue weighted by molar-refractivity contribution is 9.10. The molecule has 134 valence electrons. The summed E-state index contributed by atoms with van der Waals surface area (Å²) < 4.78 is 11.7. The van der Waals surface area contributed by atoms with Crippen molar-refractivity contribution in [1.82, 2.24) is 9.97 Å². The standard InChI is InChI=1S/C18H21BrN2O3S/c1-12-16(13(2)21-18(20-12)25-3)7-8-17(22)24-10-9-23-15-6-4-5-14(19)11-15/h4-6,11H,7-10H2,1-3H3. The number of nitrogens with zero attached hydrogens (tertiary/aromatic N) is 2. The fourth-order valence-electron chi connectivity index (χ4n) is 2.33. The van der Waals surface area contributed by atoms with E-state index < -0.39 is 0 Å². The highest BCUT2D eigenvalue weighted by atomic mass is 79.9. The van der Waals surface area contributed by atoms with Crippen LogP contribution in [0.25, 0.3) is 0 Å². The lowest BCUT2D eigenvalue weighted by Crippen LogP contribution is -2.13. The lowest BCUT2D eigenvalue weighted by molar-refractivity contribution is -0.144. The molecule has 0 fully saturated rings. The monoisotopic (exact) mass is 424 g/mol. The van der Waals surface area contributed by atoms with E-state index in [4.69, 9.17) is 9.47 Å². The molecule has 5 nitrogen and oxygen atoms in total. The molecule has 0 spiro atoms. The van der Waals surface area contributed by atoms with Gasteiger partial charge in [0.15, 0.2) is 5.16 Å². The Morgan fingerprint density at radius 2 is 1.92 bits per heavy atom. The van der Waals surface area contributed by atoms with E-state index in [1.807, 2.05) is 44.4 Å². The van der Waals surface area contributed by atoms with Gasteiger partial charge in [0.1, 0.15) is 19.0 Å². The second-order valence-electron chi connectivity index (χ2n) is 5.39. The number of thioether (sulfide) groups is 1. The van der Waals surface area contributed by atoms with Crippen LogP contribution < -0.4 is 4.74 Å². The van der Waals surface area contributed by atoms with Crippen molar-refractivity contribution in [3.63, 3.8) is 0 Å². The molecule has 0 aliphatic carbocycles. The maximum absolute atomic E-state index is 11.9. The SMILES string of the molecule is CSc1nc(C)c(CCC(=O)OCCOc2cccc(Br)c2)c(C)n1. The molecule has 0 amide bonds. The molecule has 0 saturated carbocycles. The van der Waals surface area contributed by atoms with E-state index >= 15 is 0 Å². The van der Waals surface area contributed by atoms with Crippen LogP contribution in [0.1, 0.15) is 23.4 Å². The van der Waals surface area contributed by atoms with E-state index in [-0.39, 0.29) is 12.6 Å². The number of esters is 1. The number of carbonyl (C=O) groups is 1. The van der Waals surface area contributed by atoms with E-state index in [0.717, 1.165) is 32.3 Å². The minimum atomic E-state index is -0.245. The van der Waals surface area contributed by atoms with Gasteiger partial charge in [-0.3, -0.25) is 4.79 Å². The van der Waals surface area contributed by atoms with Crippen LogP contribution in [0.5, 0.6) is 5.75 Å². The van der Waals surface area contributed by atoms with Gasteiger partial charge in [-0.05, 0) is 50.3 Å². The number of hydrogen-bond donors (Lipinski definition) is 0. The predicted molar refractivity (Wildman–Crippen MR) is 102 cm³/mol. The first-order valence-corrected chi connectivity index (χ1v) is 9.93. The lowest BCUT2D eigenvalue weighted by Gasteiger charge is -2.10. The normalized spacial score (nSPS) is 10.6. The molecule has 2 aromatic rings. The van der Waals surface area contributed by atoms with Crippen molar-refractivity contribution in [2.24, 2.45) is 0 Å². The van der Waals surface area contributed by atoms with Crippen LogP contribution in [0.15, 0.2) is 33.9 Å². The first kappa shape index (κ1) is 19.7. The Morgan fingerprint density at radius 1 is 1.20 bits per heavy atom. The van der Waals surface area contributed by atoms with Crippen LogP contribution in [0.3, 0.4) is 0 Å². The highest BCUT2D eigenvalue weighted by Crippen LogP contribution is 2.18. The van der Waals surface area contributed by atoms with Crippen molar-refractivity contribution in [1.29, 1.82) is 0 Å². The Morgan fingerprint density at radius 3 is 2.56 bits per heavy atom. The van der Waals surface area contributed by atoms with E-state index in [1.54, 1.807) is 0 Å². The number of rotatable bonds is 8. The van der Waals surface area contributed by atoms with Crippen molar-refractivity contribution in [2.75, 3.05) is 19.5 Å². The smallest absolute Gasteiger partial charge is 0.306 e. The molecule has 1 aromatic heterocycles. The van der Waals surface area contributed by atoms with Gasteiger partial charge in [-0.15, -0.1) is 0 Å². The van der Waals surface area contributed by atoms with Crippen LogP contribution in [0.4, 0.5) is 0 Å². The third-order valence-electron chi connectivity index (χ3n) is 3.57. The molecule has 1 heterocycles. The second-order valence-corrected chi connectivity index (χ2v) is 7.08. The molecule has 0 unspecified atom stereocenters. The summed E-state index contributed by atoms with van der Waals surface area (Å²) in [5.74, 6) is 0.494. The molecule has 0 saturated heterocycles. The third kappa shape index (κ3) is 6.32. The Hall–Kier alpha value is -1.60. The number of aromatic nitrogens is 2. The zero-order valence-corrected chi connectivity index (χ0v) is 16.9. The van der Waals surface area contributed by atoms with Gasteiger partial charge in [0.2, 0.25) is 0 Å². The van der Waals surface area contributed by atoms with Crippen molar-refractivity contribution in [3.05, 3.63) is 45.7 Å². The molecule has 0 bridgehead atoms. The molecule has 0 atom stereocenters. The summed E-state index contributed by atoms with van der Waals surface area (Å²) in [6, 6.07) is 7.54. The van der Waals surface area contributed by atoms with Gasteiger partial charge < -0.3 is 9.47 Å². The number of carbonyl (C=O) groups excluding carboxylic acids is 1. The predicted octanol–water partition coefficient (Wildman–Crippen LogP) is 4.13. The first-order valence-electron chi connectivity index (χ1n) is 7.91. The van der Waals surface area contributed by atoms with Crippen molar-refractivity contribution >= 4 is 33.7 Å². The van der Waals surface area contributed by atoms with E-state index in [2.05, 4.69) is 25.9 Å². The largest absolute Gasteiger partial charge is 0.490 e. The zero-order chi connectivity index (χ0) is 18.2. The number of hydrogen-bond acceptors (Lipinski definition) is 6. The van der Waals surface area contributed by atoms with E-state index in [9.17, 15) is 4.79 Å². The molecule has 0 radical (unpaired) electrons. The van der Waals surface area contributed by atoms with E-state index in [1.165, 1.54) is 11.8 Å². The molecule has 0 aliphatic rings. The van der Waals surface area contributed by atoms with Crippen LogP contribution in [-0.2, 0) is 16.0 Å². The van der Waals surface area contributed by atoms with Crippen molar-refractivity contribution < 1.29 is 14.3 Å². The minimum absolute atomic E-state index is 0.227. The average molecular weight is 425 g/mol. The Balaban J connectivity index is 1.74. The van der Waals surface area contributed by atoms with Crippen LogP contribution in [0, 0.1) is 13.8 Å². The van der Waals surface area contributed by atoms with Crippen LogP contribution in [0.2, 0.25) is 0 Å². The van der Waals surface area contributed by atoms with Crippen molar-refractivity contribution in [3.8, 4) is 5.75 Å². The fourth-order valence-corrected chi connectivity index (χ4v) is 3.17. The molecule has 1 aromatic carbocycles. The highest BCUT2D eigenvalue weighted by Gasteiger charge is 2.11. The van der Waals surface area contributed by atoms with Crippen LogP contribution >= 0.6 is 27.7 Å². The average Bonchev–Trinajstić information content (AvgIpc) is 2.58. The maximum atomic E-state index is 11.9. The summed E-state index contributed by atoms with van der Waals surface area (Å²) in [5.41, 5.74) is 2.85. The summed E-state index contributed by atoms with van der Waals surface area (Å²) in [6.45, 7) is 4.44. The van der Waals surface area contributed by atoms with Gasteiger partial charge in [-0.1, -0.05) is 33.8 Å². The Labute approximate surface area is 160 Å². The second kappa shape index (κ2) is 9.77. The molecule has 2 rings (SSSR count). The van der Waals surface area contributed by atoms with Gasteiger partial charge >= 0.3 is 5.97 Å². The zero-order valence-electron chi connectivity index (χ0n) is 14.5. The maximum Gasteiger partial charge on any atom is 0.306 e. The number of halogens is 1. The Bertz CT molecular complexity index is 717. The molecule has 0 aliphatic heterocycles. The summed E-state index contributed by atoms with van der Waals surface area (Å²) in [6.07, 6.45) is 2.83. The summed E-state index contributed by atoms with van der Waals surface area (Å²) >= 11 is 4.89. The van der Waals surface area contributed by atoms with Gasteiger partial charge in [-0.25, -0.2) is 9.97 Å². The summed E-state index contributed by atoms with van der Waals surface area (Å²) in [7, 11) is 0. The molecule has 0 N–H and O–H groups in total. The van der Waals surface area contributed by atoms with Crippen molar-refractivity contribution in [2.45, 2.75) is 31.8 Å². The molecule has 7 heteroatoms. The molecular weight excluding hydrogens is 404 g/mol.